The zero-order valence-electron chi connectivity index (χ0n) is 17.4. The molecule has 0 saturated carbocycles. The van der Waals surface area contributed by atoms with E-state index in [1.165, 1.54) is 21.9 Å². The van der Waals surface area contributed by atoms with Crippen LogP contribution in [0.25, 0.3) is 11.0 Å². The fraction of sp³-hybridized carbons (Fsp3) is 0.250. The van der Waals surface area contributed by atoms with Crippen LogP contribution in [0, 0.1) is 5.82 Å². The molecule has 1 amide bonds. The average Bonchev–Trinajstić information content (AvgIpc) is 3.28. The number of aliphatic hydroxyl groups excluding tert-OH is 1. The lowest BCUT2D eigenvalue weighted by Crippen LogP contribution is -3.05. The second-order valence-electron chi connectivity index (χ2n) is 7.97. The Morgan fingerprint density at radius 2 is 1.87 bits per heavy atom. The number of furan rings is 1. The van der Waals surface area contributed by atoms with E-state index >= 15 is 0 Å². The van der Waals surface area contributed by atoms with E-state index in [9.17, 15) is 19.1 Å². The number of carbonyl (C=O) groups excluding carboxylic acids is 2. The van der Waals surface area contributed by atoms with E-state index in [2.05, 4.69) is 0 Å². The topological polar surface area (TPSA) is 75.2 Å². The van der Waals surface area contributed by atoms with Crippen molar-refractivity contribution in [3.05, 3.63) is 83.1 Å². The van der Waals surface area contributed by atoms with Gasteiger partial charge in [0.2, 0.25) is 5.78 Å². The van der Waals surface area contributed by atoms with Gasteiger partial charge in [-0.2, -0.15) is 0 Å². The normalized spacial score (nSPS) is 16.7. The molecule has 1 aliphatic heterocycles. The summed E-state index contributed by atoms with van der Waals surface area (Å²) in [5.74, 6) is -2.52. The molecule has 2 aromatic carbocycles. The van der Waals surface area contributed by atoms with Gasteiger partial charge in [0, 0.05) is 23.9 Å². The Morgan fingerprint density at radius 3 is 2.58 bits per heavy atom. The highest BCUT2D eigenvalue weighted by Crippen LogP contribution is 2.40. The number of halogens is 1. The summed E-state index contributed by atoms with van der Waals surface area (Å²) in [6.45, 7) is 1.06. The van der Waals surface area contributed by atoms with E-state index in [0.29, 0.717) is 12.0 Å². The van der Waals surface area contributed by atoms with Crippen molar-refractivity contribution in [1.82, 2.24) is 4.90 Å². The predicted octanol–water partition coefficient (Wildman–Crippen LogP) is 2.68. The van der Waals surface area contributed by atoms with E-state index in [1.54, 1.807) is 36.4 Å². The van der Waals surface area contributed by atoms with Gasteiger partial charge < -0.3 is 19.3 Å². The van der Waals surface area contributed by atoms with Crippen LogP contribution >= 0.6 is 0 Å². The molecule has 0 unspecified atom stereocenters. The Morgan fingerprint density at radius 1 is 1.16 bits per heavy atom. The van der Waals surface area contributed by atoms with Crippen LogP contribution in [0.3, 0.4) is 0 Å². The van der Waals surface area contributed by atoms with Gasteiger partial charge in [0.1, 0.15) is 11.4 Å². The fourth-order valence-electron chi connectivity index (χ4n) is 3.97. The van der Waals surface area contributed by atoms with Crippen LogP contribution in [-0.2, 0) is 4.79 Å². The number of benzene rings is 2. The number of rotatable bonds is 7. The molecule has 0 aliphatic carbocycles. The third-order valence-electron chi connectivity index (χ3n) is 5.47. The first-order valence-corrected chi connectivity index (χ1v) is 10.2. The Hall–Kier alpha value is -3.45. The second kappa shape index (κ2) is 8.35. The largest absolute Gasteiger partial charge is 0.503 e. The van der Waals surface area contributed by atoms with Gasteiger partial charge in [-0.15, -0.1) is 0 Å². The van der Waals surface area contributed by atoms with Crippen LogP contribution in [0.5, 0.6) is 0 Å². The Bertz CT molecular complexity index is 1150. The smallest absolute Gasteiger partial charge is 0.290 e. The molecule has 4 rings (SSSR count). The number of nitrogens with zero attached hydrogens (tertiary/aromatic N) is 1. The Labute approximate surface area is 179 Å². The third kappa shape index (κ3) is 3.84. The van der Waals surface area contributed by atoms with Crippen molar-refractivity contribution in [3.63, 3.8) is 0 Å². The predicted molar refractivity (Wildman–Crippen MR) is 113 cm³/mol. The minimum absolute atomic E-state index is 0.00326. The van der Waals surface area contributed by atoms with Crippen molar-refractivity contribution in [1.29, 1.82) is 0 Å². The van der Waals surface area contributed by atoms with Crippen molar-refractivity contribution in [2.75, 3.05) is 27.2 Å². The molecule has 1 atom stereocenters. The van der Waals surface area contributed by atoms with Crippen molar-refractivity contribution in [3.8, 4) is 0 Å². The molecule has 6 nitrogen and oxygen atoms in total. The second-order valence-corrected chi connectivity index (χ2v) is 7.97. The van der Waals surface area contributed by atoms with E-state index in [0.717, 1.165) is 11.9 Å². The highest BCUT2D eigenvalue weighted by molar-refractivity contribution is 6.16. The summed E-state index contributed by atoms with van der Waals surface area (Å²) in [5, 5.41) is 11.4. The maximum absolute atomic E-state index is 14.7. The number of Topliss-reactive ketones (excluding diaryl/α,β-unsaturated/α-hetero) is 1. The standard InChI is InChI=1S/C24H23FN2O4/c1-26(2)12-7-13-27-21(16-9-4-5-10-17(16)25)20(23(29)24(27)30)22(28)19-14-15-8-3-6-11-18(15)31-19/h3-6,8-11,14,21,29H,7,12-13H2,1-2H3/p+1/t21-/m1/s1. The first-order chi connectivity index (χ1) is 14.9. The van der Waals surface area contributed by atoms with Gasteiger partial charge >= 0.3 is 0 Å². The van der Waals surface area contributed by atoms with Crippen LogP contribution in [0.4, 0.5) is 4.39 Å². The summed E-state index contributed by atoms with van der Waals surface area (Å²) in [6.07, 6.45) is 0.637. The van der Waals surface area contributed by atoms with Gasteiger partial charge in [0.05, 0.1) is 32.3 Å². The molecule has 0 fully saturated rings. The minimum Gasteiger partial charge on any atom is -0.503 e. The zero-order valence-corrected chi connectivity index (χ0v) is 17.4. The van der Waals surface area contributed by atoms with Crippen LogP contribution in [0.15, 0.2) is 70.3 Å². The lowest BCUT2D eigenvalue weighted by atomic mass is 9.94. The Balaban J connectivity index is 1.76. The van der Waals surface area contributed by atoms with Gasteiger partial charge in [-0.25, -0.2) is 4.39 Å². The lowest BCUT2D eigenvalue weighted by Gasteiger charge is -2.27. The minimum atomic E-state index is -1.02. The zero-order chi connectivity index (χ0) is 22.1. The molecule has 2 N–H and O–H groups in total. The molecule has 3 aromatic rings. The van der Waals surface area contributed by atoms with E-state index in [1.807, 2.05) is 20.2 Å². The van der Waals surface area contributed by atoms with Crippen molar-refractivity contribution in [2.24, 2.45) is 0 Å². The fourth-order valence-corrected chi connectivity index (χ4v) is 3.97. The quantitative estimate of drug-likeness (QED) is 0.573. The number of quaternary nitrogens is 1. The summed E-state index contributed by atoms with van der Waals surface area (Å²) >= 11 is 0. The van der Waals surface area contributed by atoms with Crippen LogP contribution < -0.4 is 4.90 Å². The molecule has 7 heteroatoms. The number of amides is 1. The van der Waals surface area contributed by atoms with Crippen LogP contribution in [0.1, 0.15) is 28.6 Å². The van der Waals surface area contributed by atoms with Gasteiger partial charge in [-0.1, -0.05) is 36.4 Å². The van der Waals surface area contributed by atoms with E-state index in [4.69, 9.17) is 4.42 Å². The molecule has 0 saturated heterocycles. The molecule has 0 bridgehead atoms. The molecule has 0 radical (unpaired) electrons. The summed E-state index contributed by atoms with van der Waals surface area (Å²) < 4.78 is 20.4. The average molecular weight is 423 g/mol. The first-order valence-electron chi connectivity index (χ1n) is 10.2. The van der Waals surface area contributed by atoms with Crippen molar-refractivity contribution < 1.29 is 28.4 Å². The SMILES string of the molecule is C[NH+](C)CCCN1C(=O)C(O)=C(C(=O)c2cc3ccccc3o2)[C@H]1c1ccccc1F. The van der Waals surface area contributed by atoms with E-state index in [-0.39, 0.29) is 23.4 Å². The number of aliphatic hydroxyl groups is 1. The van der Waals surface area contributed by atoms with Crippen LogP contribution in [-0.4, -0.2) is 48.9 Å². The molecule has 2 heterocycles. The highest BCUT2D eigenvalue weighted by atomic mass is 19.1. The molecule has 1 aromatic heterocycles. The number of hydrogen-bond donors (Lipinski definition) is 2. The van der Waals surface area contributed by atoms with Crippen LogP contribution in [0.2, 0.25) is 0 Å². The number of carbonyl (C=O) groups is 2. The summed E-state index contributed by atoms with van der Waals surface area (Å²) in [6, 6.07) is 13.7. The summed E-state index contributed by atoms with van der Waals surface area (Å²) in [4.78, 5) is 28.8. The lowest BCUT2D eigenvalue weighted by molar-refractivity contribution is -0.858. The maximum atomic E-state index is 14.7. The molecular weight excluding hydrogens is 399 g/mol. The first kappa shape index (κ1) is 20.8. The summed E-state index contributed by atoms with van der Waals surface area (Å²) in [7, 11) is 3.98. The van der Waals surface area contributed by atoms with Crippen molar-refractivity contribution >= 4 is 22.7 Å². The Kier molecular flexibility index (Phi) is 5.61. The molecule has 160 valence electrons. The highest BCUT2D eigenvalue weighted by Gasteiger charge is 2.45. The van der Waals surface area contributed by atoms with Gasteiger partial charge in [0.15, 0.2) is 11.5 Å². The molecule has 0 spiro atoms. The summed E-state index contributed by atoms with van der Waals surface area (Å²) in [5.41, 5.74) is 0.520. The number of para-hydroxylation sites is 1. The monoisotopic (exact) mass is 423 g/mol. The van der Waals surface area contributed by atoms with E-state index < -0.39 is 29.3 Å². The third-order valence-corrected chi connectivity index (χ3v) is 5.47. The molecular formula is C24H24FN2O4+. The van der Waals surface area contributed by atoms with Gasteiger partial charge in [-0.3, -0.25) is 9.59 Å². The van der Waals surface area contributed by atoms with Gasteiger partial charge in [-0.05, 0) is 18.2 Å². The number of nitrogens with one attached hydrogen (secondary N) is 1. The molecule has 31 heavy (non-hydrogen) atoms. The number of hydrogen-bond acceptors (Lipinski definition) is 4. The van der Waals surface area contributed by atoms with Crippen molar-refractivity contribution in [2.45, 2.75) is 12.5 Å². The number of ketones is 1. The number of fused-ring (bicyclic) bond motifs is 1. The van der Waals surface area contributed by atoms with Gasteiger partial charge in [0.25, 0.3) is 5.91 Å². The maximum Gasteiger partial charge on any atom is 0.290 e. The molecule has 1 aliphatic rings.